The molecule has 0 radical (unpaired) electrons. The van der Waals surface area contributed by atoms with E-state index in [1.165, 1.54) is 50.4 Å². The van der Waals surface area contributed by atoms with Crippen LogP contribution in [0.1, 0.15) is 32.2 Å². The van der Waals surface area contributed by atoms with E-state index in [9.17, 15) is 18.4 Å². The second-order valence-corrected chi connectivity index (χ2v) is 5.55. The molecule has 2 aromatic rings. The van der Waals surface area contributed by atoms with Gasteiger partial charge in [0.2, 0.25) is 0 Å². The quantitative estimate of drug-likeness (QED) is 0.683. The molecule has 27 heavy (non-hydrogen) atoms. The number of furan rings is 1. The van der Waals surface area contributed by atoms with Crippen molar-refractivity contribution < 1.29 is 37.0 Å². The van der Waals surface area contributed by atoms with Gasteiger partial charge >= 0.3 is 12.6 Å². The molecule has 9 heteroatoms. The van der Waals surface area contributed by atoms with Gasteiger partial charge in [0.25, 0.3) is 5.91 Å². The number of carbonyl (C=O) groups excluding carboxylic acids is 2. The minimum absolute atomic E-state index is 0.00198. The standard InChI is InChI=1S/C18H19F2NO6/c1-10-13(17(23)25-4)8-11(26-10)9-21(2)16(22)12-6-5-7-14(24-3)15(12)27-18(19)20/h5-8,18H,9H2,1-4H3. The number of nitrogens with zero attached hydrogens (tertiary/aromatic N) is 1. The van der Waals surface area contributed by atoms with Crippen LogP contribution in [0, 0.1) is 6.92 Å². The van der Waals surface area contributed by atoms with Crippen LogP contribution in [0.5, 0.6) is 11.5 Å². The molecule has 1 aromatic carbocycles. The first-order valence-electron chi connectivity index (χ1n) is 7.83. The van der Waals surface area contributed by atoms with E-state index in [1.807, 2.05) is 0 Å². The Balaban J connectivity index is 2.26. The summed E-state index contributed by atoms with van der Waals surface area (Å²) >= 11 is 0. The van der Waals surface area contributed by atoms with Crippen LogP contribution < -0.4 is 9.47 Å². The minimum Gasteiger partial charge on any atom is -0.493 e. The summed E-state index contributed by atoms with van der Waals surface area (Å²) < 4.78 is 45.0. The Kier molecular flexibility index (Phi) is 6.38. The van der Waals surface area contributed by atoms with Crippen LogP contribution in [-0.4, -0.2) is 44.7 Å². The predicted octanol–water partition coefficient (Wildman–Crippen LogP) is 3.26. The topological polar surface area (TPSA) is 78.2 Å². The molecule has 1 aromatic heterocycles. The fraction of sp³-hybridized carbons (Fsp3) is 0.333. The fourth-order valence-electron chi connectivity index (χ4n) is 2.50. The van der Waals surface area contributed by atoms with Crippen LogP contribution >= 0.6 is 0 Å². The smallest absolute Gasteiger partial charge is 0.387 e. The molecule has 0 fully saturated rings. The molecule has 0 atom stereocenters. The van der Waals surface area contributed by atoms with Gasteiger partial charge in [0.15, 0.2) is 11.5 Å². The lowest BCUT2D eigenvalue weighted by Crippen LogP contribution is -2.27. The van der Waals surface area contributed by atoms with Gasteiger partial charge in [-0.2, -0.15) is 8.78 Å². The maximum atomic E-state index is 12.7. The molecule has 146 valence electrons. The first-order valence-corrected chi connectivity index (χ1v) is 7.83. The molecular weight excluding hydrogens is 364 g/mol. The van der Waals surface area contributed by atoms with Crippen molar-refractivity contribution in [3.63, 3.8) is 0 Å². The number of esters is 1. The molecular formula is C18H19F2NO6. The predicted molar refractivity (Wildman–Crippen MR) is 90.2 cm³/mol. The van der Waals surface area contributed by atoms with Gasteiger partial charge < -0.3 is 23.5 Å². The molecule has 0 aliphatic rings. The van der Waals surface area contributed by atoms with Crippen molar-refractivity contribution in [3.05, 3.63) is 46.9 Å². The Morgan fingerprint density at radius 2 is 1.93 bits per heavy atom. The van der Waals surface area contributed by atoms with Crippen LogP contribution in [0.3, 0.4) is 0 Å². The van der Waals surface area contributed by atoms with Crippen molar-refractivity contribution >= 4 is 11.9 Å². The lowest BCUT2D eigenvalue weighted by Gasteiger charge is -2.19. The van der Waals surface area contributed by atoms with Gasteiger partial charge in [-0.15, -0.1) is 0 Å². The summed E-state index contributed by atoms with van der Waals surface area (Å²) in [6.45, 7) is -1.52. The number of hydrogen-bond donors (Lipinski definition) is 0. The highest BCUT2D eigenvalue weighted by Gasteiger charge is 2.24. The third-order valence-electron chi connectivity index (χ3n) is 3.75. The van der Waals surface area contributed by atoms with Gasteiger partial charge in [-0.25, -0.2) is 4.79 Å². The van der Waals surface area contributed by atoms with Crippen LogP contribution in [-0.2, 0) is 11.3 Å². The fourth-order valence-corrected chi connectivity index (χ4v) is 2.50. The molecule has 2 rings (SSSR count). The van der Waals surface area contributed by atoms with E-state index in [0.29, 0.717) is 11.5 Å². The number of methoxy groups -OCH3 is 2. The molecule has 0 spiro atoms. The van der Waals surface area contributed by atoms with Gasteiger partial charge in [-0.05, 0) is 25.1 Å². The molecule has 0 aliphatic carbocycles. The van der Waals surface area contributed by atoms with E-state index in [2.05, 4.69) is 9.47 Å². The summed E-state index contributed by atoms with van der Waals surface area (Å²) in [5.41, 5.74) is 0.157. The monoisotopic (exact) mass is 383 g/mol. The Morgan fingerprint density at radius 3 is 2.52 bits per heavy atom. The zero-order valence-corrected chi connectivity index (χ0v) is 15.2. The van der Waals surface area contributed by atoms with Crippen molar-refractivity contribution in [1.29, 1.82) is 0 Å². The molecule has 1 amide bonds. The second-order valence-electron chi connectivity index (χ2n) is 5.55. The largest absolute Gasteiger partial charge is 0.493 e. The van der Waals surface area contributed by atoms with E-state index in [1.54, 1.807) is 6.92 Å². The van der Waals surface area contributed by atoms with Gasteiger partial charge in [0, 0.05) is 7.05 Å². The molecule has 1 heterocycles. The second kappa shape index (κ2) is 8.52. The number of hydrogen-bond acceptors (Lipinski definition) is 6. The van der Waals surface area contributed by atoms with Crippen LogP contribution in [0.15, 0.2) is 28.7 Å². The van der Waals surface area contributed by atoms with Crippen molar-refractivity contribution in [3.8, 4) is 11.5 Å². The molecule has 0 saturated carbocycles. The zero-order valence-electron chi connectivity index (χ0n) is 15.2. The lowest BCUT2D eigenvalue weighted by molar-refractivity contribution is -0.0516. The summed E-state index contributed by atoms with van der Waals surface area (Å²) in [4.78, 5) is 25.6. The molecule has 0 aliphatic heterocycles. The van der Waals surface area contributed by atoms with Gasteiger partial charge in [0.05, 0.1) is 26.3 Å². The Morgan fingerprint density at radius 1 is 1.22 bits per heavy atom. The normalized spacial score (nSPS) is 10.6. The molecule has 0 bridgehead atoms. The Labute approximate surface area is 154 Å². The molecule has 0 saturated heterocycles. The van der Waals surface area contributed by atoms with Crippen LogP contribution in [0.25, 0.3) is 0 Å². The maximum absolute atomic E-state index is 12.7. The zero-order chi connectivity index (χ0) is 20.1. The summed E-state index contributed by atoms with van der Waals surface area (Å²) in [7, 11) is 3.99. The Bertz CT molecular complexity index is 833. The highest BCUT2D eigenvalue weighted by Crippen LogP contribution is 2.33. The van der Waals surface area contributed by atoms with E-state index in [-0.39, 0.29) is 29.2 Å². The van der Waals surface area contributed by atoms with Crippen molar-refractivity contribution in [2.24, 2.45) is 0 Å². The number of aryl methyl sites for hydroxylation is 1. The van der Waals surface area contributed by atoms with Crippen molar-refractivity contribution in [2.45, 2.75) is 20.1 Å². The highest BCUT2D eigenvalue weighted by atomic mass is 19.3. The first-order chi connectivity index (χ1) is 12.8. The molecule has 0 N–H and O–H groups in total. The lowest BCUT2D eigenvalue weighted by atomic mass is 10.1. The minimum atomic E-state index is -3.12. The van der Waals surface area contributed by atoms with E-state index in [4.69, 9.17) is 9.15 Å². The van der Waals surface area contributed by atoms with Crippen LogP contribution in [0.2, 0.25) is 0 Å². The molecule has 0 unspecified atom stereocenters. The SMILES string of the molecule is COC(=O)c1cc(CN(C)C(=O)c2cccc(OC)c2OC(F)F)oc1C. The number of alkyl halides is 2. The van der Waals surface area contributed by atoms with E-state index < -0.39 is 18.5 Å². The van der Waals surface area contributed by atoms with E-state index in [0.717, 1.165) is 0 Å². The highest BCUT2D eigenvalue weighted by molar-refractivity contribution is 5.97. The Hall–Kier alpha value is -3.10. The van der Waals surface area contributed by atoms with Gasteiger partial charge in [-0.1, -0.05) is 6.07 Å². The van der Waals surface area contributed by atoms with Gasteiger partial charge in [0.1, 0.15) is 17.1 Å². The third-order valence-corrected chi connectivity index (χ3v) is 3.75. The van der Waals surface area contributed by atoms with Crippen molar-refractivity contribution in [1.82, 2.24) is 4.90 Å². The van der Waals surface area contributed by atoms with Crippen LogP contribution in [0.4, 0.5) is 8.78 Å². The summed E-state index contributed by atoms with van der Waals surface area (Å²) in [6.07, 6.45) is 0. The first kappa shape index (κ1) is 20.2. The number of amides is 1. The maximum Gasteiger partial charge on any atom is 0.387 e. The average molecular weight is 383 g/mol. The number of benzene rings is 1. The number of rotatable bonds is 7. The number of ether oxygens (including phenoxy) is 3. The number of halogens is 2. The van der Waals surface area contributed by atoms with E-state index >= 15 is 0 Å². The number of para-hydroxylation sites is 1. The van der Waals surface area contributed by atoms with Gasteiger partial charge in [-0.3, -0.25) is 4.79 Å². The third kappa shape index (κ3) is 4.55. The summed E-state index contributed by atoms with van der Waals surface area (Å²) in [5, 5.41) is 0. The summed E-state index contributed by atoms with van der Waals surface area (Å²) in [6, 6.07) is 5.72. The molecule has 7 nitrogen and oxygen atoms in total. The summed E-state index contributed by atoms with van der Waals surface area (Å²) in [5.74, 6) is -0.798. The number of carbonyl (C=O) groups is 2. The average Bonchev–Trinajstić information content (AvgIpc) is 3.00. The van der Waals surface area contributed by atoms with Crippen molar-refractivity contribution in [2.75, 3.05) is 21.3 Å².